The van der Waals surface area contributed by atoms with Crippen LogP contribution in [0.4, 0.5) is 0 Å². The molecule has 2 N–H and O–H groups in total. The van der Waals surface area contributed by atoms with Crippen molar-refractivity contribution in [2.45, 2.75) is 39.7 Å². The molecule has 0 atom stereocenters. The Kier molecular flexibility index (Phi) is 5.76. The second kappa shape index (κ2) is 7.57. The number of fused-ring (bicyclic) bond motifs is 1. The van der Waals surface area contributed by atoms with Gasteiger partial charge in [0.1, 0.15) is 5.82 Å². The minimum Gasteiger partial charge on any atom is -0.310 e. The number of benzene rings is 1. The van der Waals surface area contributed by atoms with Crippen LogP contribution in [0.3, 0.4) is 0 Å². The lowest BCUT2D eigenvalue weighted by molar-refractivity contribution is 0.518. The Balaban J connectivity index is 1.92. The fourth-order valence-electron chi connectivity index (χ4n) is 2.25. The van der Waals surface area contributed by atoms with Gasteiger partial charge in [0.2, 0.25) is 0 Å². The number of hydrogen-bond acceptors (Lipinski definition) is 3. The Morgan fingerprint density at radius 1 is 1.33 bits per heavy atom. The molecule has 0 saturated carbocycles. The number of rotatable bonds is 7. The number of nitrogens with zero attached hydrogens (tertiary/aromatic N) is 1. The Bertz CT molecular complexity index is 652. The zero-order valence-corrected chi connectivity index (χ0v) is 13.3. The monoisotopic (exact) mass is 307 g/mol. The molecule has 21 heavy (non-hydrogen) atoms. The van der Waals surface area contributed by atoms with Crippen molar-refractivity contribution in [1.29, 1.82) is 0 Å². The van der Waals surface area contributed by atoms with E-state index in [0.29, 0.717) is 28.3 Å². The van der Waals surface area contributed by atoms with Crippen LogP contribution in [-0.4, -0.2) is 16.5 Å². The number of aromatic amines is 1. The van der Waals surface area contributed by atoms with Gasteiger partial charge in [-0.15, -0.1) is 0 Å². The minimum atomic E-state index is -0.117. The maximum Gasteiger partial charge on any atom is 0.258 e. The van der Waals surface area contributed by atoms with Gasteiger partial charge in [0, 0.05) is 5.02 Å². The third-order valence-electron chi connectivity index (χ3n) is 3.40. The average molecular weight is 308 g/mol. The van der Waals surface area contributed by atoms with Crippen molar-refractivity contribution < 1.29 is 0 Å². The first-order chi connectivity index (χ1) is 10.1. The van der Waals surface area contributed by atoms with Gasteiger partial charge in [0.05, 0.1) is 17.4 Å². The molecule has 0 aliphatic carbocycles. The molecule has 0 bridgehead atoms. The fraction of sp³-hybridized carbons (Fsp3) is 0.500. The summed E-state index contributed by atoms with van der Waals surface area (Å²) in [5.41, 5.74) is 0.524. The van der Waals surface area contributed by atoms with Crippen LogP contribution in [0, 0.1) is 5.92 Å². The fourth-order valence-corrected chi connectivity index (χ4v) is 2.42. The van der Waals surface area contributed by atoms with E-state index in [4.69, 9.17) is 11.6 Å². The van der Waals surface area contributed by atoms with Gasteiger partial charge in [-0.3, -0.25) is 4.79 Å². The first-order valence-corrected chi connectivity index (χ1v) is 7.83. The van der Waals surface area contributed by atoms with Gasteiger partial charge in [-0.25, -0.2) is 4.98 Å². The van der Waals surface area contributed by atoms with Crippen LogP contribution in [0.2, 0.25) is 5.02 Å². The van der Waals surface area contributed by atoms with Crippen molar-refractivity contribution in [3.05, 3.63) is 39.4 Å². The quantitative estimate of drug-likeness (QED) is 0.770. The zero-order valence-electron chi connectivity index (χ0n) is 12.6. The molecule has 0 unspecified atom stereocenters. The lowest BCUT2D eigenvalue weighted by Crippen LogP contribution is -2.20. The number of H-pyrrole nitrogens is 1. The summed E-state index contributed by atoms with van der Waals surface area (Å²) in [5.74, 6) is 1.41. The lowest BCUT2D eigenvalue weighted by atomic mass is 10.1. The summed E-state index contributed by atoms with van der Waals surface area (Å²) in [6.07, 6.45) is 3.62. The van der Waals surface area contributed by atoms with Gasteiger partial charge in [-0.05, 0) is 37.1 Å². The molecule has 2 aromatic rings. The predicted octanol–water partition coefficient (Wildman–Crippen LogP) is 3.49. The third kappa shape index (κ3) is 4.83. The number of nitrogens with one attached hydrogen (secondary N) is 2. The zero-order chi connectivity index (χ0) is 15.2. The van der Waals surface area contributed by atoms with Gasteiger partial charge in [-0.1, -0.05) is 38.3 Å². The van der Waals surface area contributed by atoms with E-state index < -0.39 is 0 Å². The van der Waals surface area contributed by atoms with Crippen LogP contribution in [0.5, 0.6) is 0 Å². The van der Waals surface area contributed by atoms with Crippen LogP contribution in [0.15, 0.2) is 23.0 Å². The number of halogens is 1. The van der Waals surface area contributed by atoms with E-state index in [1.807, 2.05) is 0 Å². The maximum absolute atomic E-state index is 12.0. The van der Waals surface area contributed by atoms with Crippen molar-refractivity contribution in [2.75, 3.05) is 6.54 Å². The SMILES string of the molecule is CC(C)CCCCNCc1nc2cc(Cl)ccc2c(=O)[nH]1. The summed E-state index contributed by atoms with van der Waals surface area (Å²) in [7, 11) is 0. The summed E-state index contributed by atoms with van der Waals surface area (Å²) in [5, 5.41) is 4.48. The molecule has 0 amide bonds. The molecule has 0 fully saturated rings. The molecule has 0 aliphatic rings. The first kappa shape index (κ1) is 16.0. The lowest BCUT2D eigenvalue weighted by Gasteiger charge is -2.07. The highest BCUT2D eigenvalue weighted by molar-refractivity contribution is 6.31. The van der Waals surface area contributed by atoms with Gasteiger partial charge in [0.15, 0.2) is 0 Å². The molecule has 1 heterocycles. The molecule has 0 aliphatic heterocycles. The van der Waals surface area contributed by atoms with Crippen molar-refractivity contribution in [2.24, 2.45) is 5.92 Å². The summed E-state index contributed by atoms with van der Waals surface area (Å²) in [4.78, 5) is 19.2. The van der Waals surface area contributed by atoms with E-state index in [0.717, 1.165) is 18.9 Å². The second-order valence-electron chi connectivity index (χ2n) is 5.74. The van der Waals surface area contributed by atoms with Crippen LogP contribution >= 0.6 is 11.6 Å². The molecule has 114 valence electrons. The van der Waals surface area contributed by atoms with Crippen molar-refractivity contribution in [1.82, 2.24) is 15.3 Å². The molecule has 0 spiro atoms. The van der Waals surface area contributed by atoms with Gasteiger partial charge in [-0.2, -0.15) is 0 Å². The van der Waals surface area contributed by atoms with Crippen molar-refractivity contribution >= 4 is 22.5 Å². The molecule has 2 rings (SSSR count). The molecular formula is C16H22ClN3O. The topological polar surface area (TPSA) is 57.8 Å². The van der Waals surface area contributed by atoms with Crippen LogP contribution in [-0.2, 0) is 6.54 Å². The maximum atomic E-state index is 12.0. The highest BCUT2D eigenvalue weighted by Crippen LogP contribution is 2.14. The van der Waals surface area contributed by atoms with E-state index in [1.54, 1.807) is 18.2 Å². The first-order valence-electron chi connectivity index (χ1n) is 7.45. The van der Waals surface area contributed by atoms with E-state index in [2.05, 4.69) is 29.1 Å². The summed E-state index contributed by atoms with van der Waals surface area (Å²) >= 11 is 5.94. The standard InChI is InChI=1S/C16H22ClN3O/c1-11(2)5-3-4-8-18-10-15-19-14-9-12(17)6-7-13(14)16(21)20-15/h6-7,9,11,18H,3-5,8,10H2,1-2H3,(H,19,20,21). The third-order valence-corrected chi connectivity index (χ3v) is 3.63. The molecule has 1 aromatic carbocycles. The average Bonchev–Trinajstić information content (AvgIpc) is 2.41. The Morgan fingerprint density at radius 2 is 2.14 bits per heavy atom. The van der Waals surface area contributed by atoms with E-state index >= 15 is 0 Å². The van der Waals surface area contributed by atoms with Crippen molar-refractivity contribution in [3.8, 4) is 0 Å². The molecule has 1 aromatic heterocycles. The van der Waals surface area contributed by atoms with Gasteiger partial charge in [0.25, 0.3) is 5.56 Å². The summed E-state index contributed by atoms with van der Waals surface area (Å²) in [6, 6.07) is 5.12. The predicted molar refractivity (Wildman–Crippen MR) is 87.8 cm³/mol. The normalized spacial score (nSPS) is 11.4. The highest BCUT2D eigenvalue weighted by Gasteiger charge is 2.04. The van der Waals surface area contributed by atoms with Crippen molar-refractivity contribution in [3.63, 3.8) is 0 Å². The van der Waals surface area contributed by atoms with Crippen LogP contribution in [0.25, 0.3) is 10.9 Å². The summed E-state index contributed by atoms with van der Waals surface area (Å²) in [6.45, 7) is 5.98. The van der Waals surface area contributed by atoms with Gasteiger partial charge >= 0.3 is 0 Å². The second-order valence-corrected chi connectivity index (χ2v) is 6.18. The largest absolute Gasteiger partial charge is 0.310 e. The molecule has 0 saturated heterocycles. The van der Waals surface area contributed by atoms with E-state index in [9.17, 15) is 4.79 Å². The van der Waals surface area contributed by atoms with Gasteiger partial charge < -0.3 is 10.3 Å². The van der Waals surface area contributed by atoms with Crippen LogP contribution < -0.4 is 10.9 Å². The minimum absolute atomic E-state index is 0.117. The number of unbranched alkanes of at least 4 members (excludes halogenated alkanes) is 1. The molecular weight excluding hydrogens is 286 g/mol. The highest BCUT2D eigenvalue weighted by atomic mass is 35.5. The molecule has 5 heteroatoms. The van der Waals surface area contributed by atoms with E-state index in [-0.39, 0.29) is 5.56 Å². The smallest absolute Gasteiger partial charge is 0.258 e. The van der Waals surface area contributed by atoms with Crippen LogP contribution in [0.1, 0.15) is 38.9 Å². The Hall–Kier alpha value is -1.39. The Morgan fingerprint density at radius 3 is 2.90 bits per heavy atom. The Labute approximate surface area is 129 Å². The molecule has 4 nitrogen and oxygen atoms in total. The number of hydrogen-bond donors (Lipinski definition) is 2. The molecule has 0 radical (unpaired) electrons. The summed E-state index contributed by atoms with van der Waals surface area (Å²) < 4.78 is 0. The number of aromatic nitrogens is 2. The van der Waals surface area contributed by atoms with E-state index in [1.165, 1.54) is 12.8 Å².